The number of nitrogens with one attached hydrogen (secondary N) is 1. The van der Waals surface area contributed by atoms with Crippen molar-refractivity contribution in [3.05, 3.63) is 35.4 Å². The van der Waals surface area contributed by atoms with Crippen molar-refractivity contribution in [2.45, 2.75) is 50.6 Å². The van der Waals surface area contributed by atoms with Gasteiger partial charge in [0.25, 0.3) is 0 Å². The van der Waals surface area contributed by atoms with Crippen LogP contribution in [-0.2, 0) is 0 Å². The Kier molecular flexibility index (Phi) is 5.28. The molecule has 0 heterocycles. The van der Waals surface area contributed by atoms with E-state index in [0.717, 1.165) is 18.9 Å². The zero-order chi connectivity index (χ0) is 13.7. The second-order valence-corrected chi connectivity index (χ2v) is 5.31. The highest BCUT2D eigenvalue weighted by atomic mass is 19.1. The molecule has 3 N–H and O–H groups in total. The van der Waals surface area contributed by atoms with Crippen molar-refractivity contribution in [1.82, 2.24) is 5.32 Å². The van der Waals surface area contributed by atoms with Crippen LogP contribution in [0.1, 0.15) is 50.1 Å². The average molecular weight is 268 g/mol. The van der Waals surface area contributed by atoms with Gasteiger partial charge in [0, 0.05) is 30.3 Å². The first kappa shape index (κ1) is 14.4. The molecule has 1 saturated carbocycles. The summed E-state index contributed by atoms with van der Waals surface area (Å²) in [7, 11) is 0. The minimum Gasteiger partial charge on any atom is -0.329 e. The third-order valence-electron chi connectivity index (χ3n) is 3.87. The lowest BCUT2D eigenvalue weighted by molar-refractivity contribution is 0.393. The van der Waals surface area contributed by atoms with Gasteiger partial charge >= 0.3 is 0 Å². The standard InChI is InChI=1S/C15H22F2N2/c16-11-7-8-13(14(17)9-11)15(10-18)19-12-5-3-1-2-4-6-12/h7-9,12,15,19H,1-6,10,18H2. The van der Waals surface area contributed by atoms with Crippen molar-refractivity contribution in [3.63, 3.8) is 0 Å². The SMILES string of the molecule is NCC(NC1CCCCCC1)c1ccc(F)cc1F. The lowest BCUT2D eigenvalue weighted by Gasteiger charge is -2.24. The molecule has 4 heteroatoms. The summed E-state index contributed by atoms with van der Waals surface area (Å²) in [4.78, 5) is 0. The summed E-state index contributed by atoms with van der Waals surface area (Å²) in [6.45, 7) is 0.319. The molecule has 19 heavy (non-hydrogen) atoms. The zero-order valence-electron chi connectivity index (χ0n) is 11.2. The minimum atomic E-state index is -0.550. The van der Waals surface area contributed by atoms with Crippen LogP contribution < -0.4 is 11.1 Å². The van der Waals surface area contributed by atoms with E-state index in [1.54, 1.807) is 0 Å². The predicted octanol–water partition coefficient (Wildman–Crippen LogP) is 3.28. The maximum Gasteiger partial charge on any atom is 0.130 e. The van der Waals surface area contributed by atoms with E-state index < -0.39 is 11.6 Å². The number of halogens is 2. The number of hydrogen-bond acceptors (Lipinski definition) is 2. The summed E-state index contributed by atoms with van der Waals surface area (Å²) in [5, 5.41) is 3.43. The van der Waals surface area contributed by atoms with Gasteiger partial charge in [0.05, 0.1) is 0 Å². The third kappa shape index (κ3) is 3.98. The molecular formula is C15H22F2N2. The largest absolute Gasteiger partial charge is 0.329 e. The fourth-order valence-electron chi connectivity index (χ4n) is 2.80. The molecule has 0 aromatic heterocycles. The third-order valence-corrected chi connectivity index (χ3v) is 3.87. The molecule has 1 unspecified atom stereocenters. The molecule has 1 aromatic carbocycles. The number of benzene rings is 1. The molecule has 1 aliphatic carbocycles. The first-order valence-electron chi connectivity index (χ1n) is 7.12. The van der Waals surface area contributed by atoms with E-state index in [1.165, 1.54) is 37.8 Å². The van der Waals surface area contributed by atoms with Crippen molar-refractivity contribution in [1.29, 1.82) is 0 Å². The van der Waals surface area contributed by atoms with Gasteiger partial charge in [0.1, 0.15) is 11.6 Å². The van der Waals surface area contributed by atoms with Crippen LogP contribution in [0.3, 0.4) is 0 Å². The Balaban J connectivity index is 2.06. The Bertz CT molecular complexity index is 401. The Morgan fingerprint density at radius 1 is 1.16 bits per heavy atom. The van der Waals surface area contributed by atoms with Crippen molar-refractivity contribution < 1.29 is 8.78 Å². The highest BCUT2D eigenvalue weighted by Crippen LogP contribution is 2.22. The molecule has 2 nitrogen and oxygen atoms in total. The van der Waals surface area contributed by atoms with Crippen molar-refractivity contribution in [2.24, 2.45) is 5.73 Å². The molecule has 0 radical (unpaired) electrons. The first-order valence-corrected chi connectivity index (χ1v) is 7.12. The van der Waals surface area contributed by atoms with Gasteiger partial charge in [0.15, 0.2) is 0 Å². The van der Waals surface area contributed by atoms with Gasteiger partial charge in [-0.05, 0) is 18.9 Å². The summed E-state index contributed by atoms with van der Waals surface area (Å²) in [5.41, 5.74) is 6.21. The van der Waals surface area contributed by atoms with E-state index in [0.29, 0.717) is 18.2 Å². The fraction of sp³-hybridized carbons (Fsp3) is 0.600. The highest BCUT2D eigenvalue weighted by Gasteiger charge is 2.20. The van der Waals surface area contributed by atoms with Crippen molar-refractivity contribution in [2.75, 3.05) is 6.54 Å². The fourth-order valence-corrected chi connectivity index (χ4v) is 2.80. The molecule has 0 bridgehead atoms. The average Bonchev–Trinajstić information content (AvgIpc) is 2.65. The molecule has 1 atom stereocenters. The molecular weight excluding hydrogens is 246 g/mol. The smallest absolute Gasteiger partial charge is 0.130 e. The van der Waals surface area contributed by atoms with Gasteiger partial charge in [0.2, 0.25) is 0 Å². The molecule has 0 amide bonds. The summed E-state index contributed by atoms with van der Waals surface area (Å²) in [6, 6.07) is 3.86. The topological polar surface area (TPSA) is 38.0 Å². The molecule has 1 fully saturated rings. The Labute approximate surface area is 113 Å². The van der Waals surface area contributed by atoms with Gasteiger partial charge < -0.3 is 11.1 Å². The van der Waals surface area contributed by atoms with Gasteiger partial charge in [-0.15, -0.1) is 0 Å². The van der Waals surface area contributed by atoms with Crippen molar-refractivity contribution in [3.8, 4) is 0 Å². The second-order valence-electron chi connectivity index (χ2n) is 5.31. The number of nitrogens with two attached hydrogens (primary N) is 1. The zero-order valence-corrected chi connectivity index (χ0v) is 11.2. The van der Waals surface area contributed by atoms with Crippen LogP contribution in [-0.4, -0.2) is 12.6 Å². The lowest BCUT2D eigenvalue weighted by Crippen LogP contribution is -2.37. The lowest BCUT2D eigenvalue weighted by atomic mass is 10.0. The van der Waals surface area contributed by atoms with E-state index in [-0.39, 0.29) is 6.04 Å². The molecule has 1 aliphatic rings. The second kappa shape index (κ2) is 6.96. The van der Waals surface area contributed by atoms with Crippen molar-refractivity contribution >= 4 is 0 Å². The molecule has 0 aliphatic heterocycles. The van der Waals surface area contributed by atoms with Gasteiger partial charge in [-0.2, -0.15) is 0 Å². The van der Waals surface area contributed by atoms with Crippen LogP contribution in [0.25, 0.3) is 0 Å². The van der Waals surface area contributed by atoms with E-state index in [2.05, 4.69) is 5.32 Å². The van der Waals surface area contributed by atoms with Crippen LogP contribution in [0.5, 0.6) is 0 Å². The molecule has 0 saturated heterocycles. The molecule has 1 aromatic rings. The summed E-state index contributed by atoms with van der Waals surface area (Å²) in [5.74, 6) is -1.07. The highest BCUT2D eigenvalue weighted by molar-refractivity contribution is 5.22. The molecule has 2 rings (SSSR count). The predicted molar refractivity (Wildman–Crippen MR) is 72.8 cm³/mol. The minimum absolute atomic E-state index is 0.233. The summed E-state index contributed by atoms with van der Waals surface area (Å²) < 4.78 is 26.7. The first-order chi connectivity index (χ1) is 9.20. The Hall–Kier alpha value is -1.00. The van der Waals surface area contributed by atoms with Gasteiger partial charge in [-0.25, -0.2) is 8.78 Å². The van der Waals surface area contributed by atoms with E-state index >= 15 is 0 Å². The normalized spacial score (nSPS) is 19.1. The molecule has 0 spiro atoms. The Morgan fingerprint density at radius 3 is 2.42 bits per heavy atom. The van der Waals surface area contributed by atoms with Crippen LogP contribution >= 0.6 is 0 Å². The maximum atomic E-state index is 13.8. The maximum absolute atomic E-state index is 13.8. The Morgan fingerprint density at radius 2 is 1.84 bits per heavy atom. The van der Waals surface area contributed by atoms with Crippen LogP contribution in [0, 0.1) is 11.6 Å². The monoisotopic (exact) mass is 268 g/mol. The number of rotatable bonds is 4. The van der Waals surface area contributed by atoms with Crippen LogP contribution in [0.15, 0.2) is 18.2 Å². The quantitative estimate of drug-likeness (QED) is 0.822. The van der Waals surface area contributed by atoms with E-state index in [1.807, 2.05) is 0 Å². The number of hydrogen-bond donors (Lipinski definition) is 2. The van der Waals surface area contributed by atoms with Gasteiger partial charge in [-0.1, -0.05) is 31.7 Å². The molecule has 106 valence electrons. The van der Waals surface area contributed by atoms with Gasteiger partial charge in [-0.3, -0.25) is 0 Å². The summed E-state index contributed by atoms with van der Waals surface area (Å²) >= 11 is 0. The van der Waals surface area contributed by atoms with Crippen LogP contribution in [0.4, 0.5) is 8.78 Å². The van der Waals surface area contributed by atoms with E-state index in [9.17, 15) is 8.78 Å². The summed E-state index contributed by atoms with van der Waals surface area (Å²) in [6.07, 6.45) is 7.19. The van der Waals surface area contributed by atoms with Crippen LogP contribution in [0.2, 0.25) is 0 Å². The van der Waals surface area contributed by atoms with E-state index in [4.69, 9.17) is 5.73 Å².